The van der Waals surface area contributed by atoms with E-state index in [1.165, 1.54) is 0 Å². The van der Waals surface area contributed by atoms with Crippen molar-refractivity contribution in [2.75, 3.05) is 20.2 Å². The second-order valence-electron chi connectivity index (χ2n) is 5.42. The van der Waals surface area contributed by atoms with Crippen LogP contribution in [0.1, 0.15) is 5.01 Å². The van der Waals surface area contributed by atoms with E-state index in [9.17, 15) is 4.79 Å². The number of hydrogen-bond acceptors (Lipinski definition) is 4. The zero-order valence-electron chi connectivity index (χ0n) is 13.7. The molecule has 128 valence electrons. The van der Waals surface area contributed by atoms with Gasteiger partial charge in [-0.15, -0.1) is 11.3 Å². The Kier molecular flexibility index (Phi) is 5.68. The highest BCUT2D eigenvalue weighted by Gasteiger charge is 2.06. The number of halogens is 1. The van der Waals surface area contributed by atoms with Crippen LogP contribution in [0.4, 0.5) is 0 Å². The average Bonchev–Trinajstić information content (AvgIpc) is 3.04. The molecule has 0 aliphatic heterocycles. The lowest BCUT2D eigenvalue weighted by Gasteiger charge is -2.15. The van der Waals surface area contributed by atoms with Crippen LogP contribution >= 0.6 is 22.9 Å². The van der Waals surface area contributed by atoms with E-state index in [0.29, 0.717) is 18.2 Å². The predicted molar refractivity (Wildman–Crippen MR) is 103 cm³/mol. The van der Waals surface area contributed by atoms with Gasteiger partial charge >= 0.3 is 0 Å². The molecule has 0 N–H and O–H groups in total. The van der Waals surface area contributed by atoms with E-state index in [-0.39, 0.29) is 5.91 Å². The number of carbonyl (C=O) groups excluding carboxylic acids is 1. The van der Waals surface area contributed by atoms with Crippen LogP contribution < -0.4 is 4.74 Å². The van der Waals surface area contributed by atoms with Gasteiger partial charge in [-0.3, -0.25) is 4.79 Å². The van der Waals surface area contributed by atoms with Gasteiger partial charge in [-0.05, 0) is 42.5 Å². The average molecular weight is 373 g/mol. The number of amides is 1. The van der Waals surface area contributed by atoms with Crippen LogP contribution in [0.25, 0.3) is 16.3 Å². The third kappa shape index (κ3) is 4.81. The summed E-state index contributed by atoms with van der Waals surface area (Å²) in [5.41, 5.74) is 0.948. The van der Waals surface area contributed by atoms with Gasteiger partial charge in [0.05, 0.1) is 16.8 Å². The van der Waals surface area contributed by atoms with Gasteiger partial charge in [-0.1, -0.05) is 23.7 Å². The highest BCUT2D eigenvalue weighted by molar-refractivity contribution is 7.19. The first-order valence-corrected chi connectivity index (χ1v) is 8.98. The van der Waals surface area contributed by atoms with E-state index in [1.54, 1.807) is 59.7 Å². The summed E-state index contributed by atoms with van der Waals surface area (Å²) in [6.07, 6.45) is 3.30. The third-order valence-corrected chi connectivity index (χ3v) is 4.82. The molecule has 3 rings (SSSR count). The highest BCUT2D eigenvalue weighted by atomic mass is 35.5. The number of para-hydroxylation sites is 1. The molecule has 1 aromatic heterocycles. The molecule has 0 spiro atoms. The molecule has 0 saturated heterocycles. The number of likely N-dealkylation sites (N-methyl/N-ethyl adjacent to an activating group) is 1. The van der Waals surface area contributed by atoms with Gasteiger partial charge in [0.1, 0.15) is 17.4 Å². The first-order chi connectivity index (χ1) is 12.1. The van der Waals surface area contributed by atoms with Gasteiger partial charge in [-0.25, -0.2) is 4.98 Å². The van der Waals surface area contributed by atoms with Crippen LogP contribution in [0.5, 0.6) is 5.75 Å². The van der Waals surface area contributed by atoms with Crippen molar-refractivity contribution in [1.29, 1.82) is 0 Å². The first-order valence-electron chi connectivity index (χ1n) is 7.79. The molecule has 0 unspecified atom stereocenters. The smallest absolute Gasteiger partial charge is 0.246 e. The second-order valence-corrected chi connectivity index (χ2v) is 6.91. The fourth-order valence-corrected chi connectivity index (χ4v) is 3.17. The quantitative estimate of drug-likeness (QED) is 0.598. The minimum atomic E-state index is -0.0843. The fraction of sp³-hybridized carbons (Fsp3) is 0.158. The minimum absolute atomic E-state index is 0.0843. The summed E-state index contributed by atoms with van der Waals surface area (Å²) in [4.78, 5) is 18.3. The molecule has 1 heterocycles. The summed E-state index contributed by atoms with van der Waals surface area (Å²) in [6.45, 7) is 0.907. The Hall–Kier alpha value is -2.37. The van der Waals surface area contributed by atoms with Gasteiger partial charge in [0.15, 0.2) is 0 Å². The molecule has 3 aromatic rings. The van der Waals surface area contributed by atoms with Crippen LogP contribution in [-0.2, 0) is 4.79 Å². The van der Waals surface area contributed by atoms with Crippen molar-refractivity contribution in [2.45, 2.75) is 0 Å². The van der Waals surface area contributed by atoms with Crippen molar-refractivity contribution >= 4 is 45.1 Å². The Balaban J connectivity index is 1.50. The maximum atomic E-state index is 12.2. The normalized spacial score (nSPS) is 11.1. The Morgan fingerprint density at radius 1 is 1.24 bits per heavy atom. The molecule has 0 aliphatic carbocycles. The maximum Gasteiger partial charge on any atom is 0.246 e. The monoisotopic (exact) mass is 372 g/mol. The molecule has 0 fully saturated rings. The van der Waals surface area contributed by atoms with Gasteiger partial charge in [0, 0.05) is 18.1 Å². The molecule has 0 aliphatic rings. The number of carbonyl (C=O) groups is 1. The second kappa shape index (κ2) is 8.14. The molecular weight excluding hydrogens is 356 g/mol. The van der Waals surface area contributed by atoms with E-state index >= 15 is 0 Å². The Morgan fingerprint density at radius 3 is 2.76 bits per heavy atom. The highest BCUT2D eigenvalue weighted by Crippen LogP contribution is 2.22. The molecule has 4 nitrogen and oxygen atoms in total. The number of thiazole rings is 1. The third-order valence-electron chi connectivity index (χ3n) is 3.56. The minimum Gasteiger partial charge on any atom is -0.492 e. The largest absolute Gasteiger partial charge is 0.492 e. The van der Waals surface area contributed by atoms with Gasteiger partial charge < -0.3 is 9.64 Å². The summed E-state index contributed by atoms with van der Waals surface area (Å²) in [5, 5.41) is 1.49. The van der Waals surface area contributed by atoms with Crippen molar-refractivity contribution in [3.63, 3.8) is 0 Å². The number of benzene rings is 2. The summed E-state index contributed by atoms with van der Waals surface area (Å²) in [5.74, 6) is 0.647. The summed E-state index contributed by atoms with van der Waals surface area (Å²) < 4.78 is 6.71. The van der Waals surface area contributed by atoms with Crippen molar-refractivity contribution in [1.82, 2.24) is 9.88 Å². The number of aromatic nitrogens is 1. The molecule has 25 heavy (non-hydrogen) atoms. The van der Waals surface area contributed by atoms with Crippen molar-refractivity contribution in [3.05, 3.63) is 64.6 Å². The Bertz CT molecular complexity index is 857. The Labute approximate surface area is 155 Å². The standard InChI is InChI=1S/C19H17ClN2O2S/c1-22(12-13-24-15-8-6-14(20)7-9-15)19(23)11-10-18-21-16-4-2-3-5-17(16)25-18/h2-11H,12-13H2,1H3/b11-10+. The predicted octanol–water partition coefficient (Wildman–Crippen LogP) is 4.50. The van der Waals surface area contributed by atoms with Crippen LogP contribution in [0.3, 0.4) is 0 Å². The lowest BCUT2D eigenvalue weighted by Crippen LogP contribution is -2.29. The Morgan fingerprint density at radius 2 is 2.00 bits per heavy atom. The van der Waals surface area contributed by atoms with Crippen LogP contribution in [-0.4, -0.2) is 36.0 Å². The van der Waals surface area contributed by atoms with Crippen molar-refractivity contribution < 1.29 is 9.53 Å². The SMILES string of the molecule is CN(CCOc1ccc(Cl)cc1)C(=O)/C=C/c1nc2ccccc2s1. The molecule has 6 heteroatoms. The number of ether oxygens (including phenoxy) is 1. The van der Waals surface area contributed by atoms with Crippen molar-refractivity contribution in [3.8, 4) is 5.75 Å². The van der Waals surface area contributed by atoms with E-state index in [0.717, 1.165) is 21.0 Å². The first kappa shape index (κ1) is 17.5. The van der Waals surface area contributed by atoms with Gasteiger partial charge in [-0.2, -0.15) is 0 Å². The lowest BCUT2D eigenvalue weighted by atomic mass is 10.3. The van der Waals surface area contributed by atoms with E-state index in [1.807, 2.05) is 24.3 Å². The van der Waals surface area contributed by atoms with E-state index < -0.39 is 0 Å². The summed E-state index contributed by atoms with van der Waals surface area (Å²) in [7, 11) is 1.75. The van der Waals surface area contributed by atoms with Crippen LogP contribution in [0.15, 0.2) is 54.6 Å². The molecule has 2 aromatic carbocycles. The van der Waals surface area contributed by atoms with E-state index in [4.69, 9.17) is 16.3 Å². The zero-order valence-corrected chi connectivity index (χ0v) is 15.3. The van der Waals surface area contributed by atoms with E-state index in [2.05, 4.69) is 4.98 Å². The molecule has 0 atom stereocenters. The number of nitrogens with zero attached hydrogens (tertiary/aromatic N) is 2. The molecule has 0 radical (unpaired) electrons. The molecule has 0 saturated carbocycles. The number of fused-ring (bicyclic) bond motifs is 1. The van der Waals surface area contributed by atoms with Crippen LogP contribution in [0, 0.1) is 0 Å². The number of hydrogen-bond donors (Lipinski definition) is 0. The van der Waals surface area contributed by atoms with Gasteiger partial charge in [0.2, 0.25) is 5.91 Å². The molecule has 1 amide bonds. The van der Waals surface area contributed by atoms with Crippen LogP contribution in [0.2, 0.25) is 5.02 Å². The summed E-state index contributed by atoms with van der Waals surface area (Å²) in [6, 6.07) is 15.1. The number of rotatable bonds is 6. The lowest BCUT2D eigenvalue weighted by molar-refractivity contribution is -0.125. The van der Waals surface area contributed by atoms with Crippen molar-refractivity contribution in [2.24, 2.45) is 0 Å². The zero-order chi connectivity index (χ0) is 17.6. The molecular formula is C19H17ClN2O2S. The maximum absolute atomic E-state index is 12.2. The topological polar surface area (TPSA) is 42.4 Å². The summed E-state index contributed by atoms with van der Waals surface area (Å²) >= 11 is 7.39. The fourth-order valence-electron chi connectivity index (χ4n) is 2.17. The van der Waals surface area contributed by atoms with Gasteiger partial charge in [0.25, 0.3) is 0 Å². The molecule has 0 bridgehead atoms.